The Morgan fingerprint density at radius 2 is 2.11 bits per heavy atom. The van der Waals surface area contributed by atoms with Crippen molar-refractivity contribution in [3.05, 3.63) is 29.8 Å². The maximum atomic E-state index is 13.0. The van der Waals surface area contributed by atoms with E-state index < -0.39 is 5.60 Å². The molecule has 7 nitrogen and oxygen atoms in total. The molecule has 154 valence electrons. The van der Waals surface area contributed by atoms with Gasteiger partial charge in [0.05, 0.1) is 19.7 Å². The lowest BCUT2D eigenvalue weighted by atomic mass is 9.91. The first-order valence-corrected chi connectivity index (χ1v) is 10.3. The van der Waals surface area contributed by atoms with Crippen molar-refractivity contribution in [3.8, 4) is 5.75 Å². The fourth-order valence-corrected chi connectivity index (χ4v) is 3.87. The molecule has 3 N–H and O–H groups in total. The summed E-state index contributed by atoms with van der Waals surface area (Å²) in [5.41, 5.74) is 5.73. The number of hydrogen-bond acceptors (Lipinski definition) is 5. The lowest BCUT2D eigenvalue weighted by Gasteiger charge is -2.42. The van der Waals surface area contributed by atoms with Crippen molar-refractivity contribution < 1.29 is 19.1 Å². The summed E-state index contributed by atoms with van der Waals surface area (Å²) in [6.45, 7) is 2.50. The van der Waals surface area contributed by atoms with Gasteiger partial charge in [-0.15, -0.1) is 0 Å². The molecule has 1 aromatic carbocycles. The molecule has 3 rings (SSSR count). The highest BCUT2D eigenvalue weighted by Gasteiger charge is 2.44. The minimum atomic E-state index is -0.977. The van der Waals surface area contributed by atoms with Crippen LogP contribution in [0.5, 0.6) is 5.75 Å². The third-order valence-corrected chi connectivity index (χ3v) is 5.44. The van der Waals surface area contributed by atoms with Gasteiger partial charge in [-0.1, -0.05) is 18.2 Å². The van der Waals surface area contributed by atoms with Crippen LogP contribution >= 0.6 is 0 Å². The molecule has 1 atom stereocenters. The van der Waals surface area contributed by atoms with Crippen LogP contribution < -0.4 is 15.8 Å². The van der Waals surface area contributed by atoms with E-state index in [4.69, 9.17) is 15.2 Å². The van der Waals surface area contributed by atoms with Gasteiger partial charge in [-0.3, -0.25) is 9.59 Å². The van der Waals surface area contributed by atoms with E-state index >= 15 is 0 Å². The van der Waals surface area contributed by atoms with Crippen LogP contribution in [0.1, 0.15) is 37.7 Å². The van der Waals surface area contributed by atoms with E-state index in [1.165, 1.54) is 5.56 Å². The zero-order valence-corrected chi connectivity index (χ0v) is 16.5. The van der Waals surface area contributed by atoms with Crippen LogP contribution in [0, 0.1) is 0 Å². The molecule has 1 fully saturated rings. The van der Waals surface area contributed by atoms with Crippen LogP contribution in [0.25, 0.3) is 0 Å². The van der Waals surface area contributed by atoms with Gasteiger partial charge in [0.25, 0.3) is 5.91 Å². The average molecular weight is 389 g/mol. The topological polar surface area (TPSA) is 93.9 Å². The Labute approximate surface area is 166 Å². The number of hydrogen-bond donors (Lipinski definition) is 2. The zero-order chi connectivity index (χ0) is 19.8. The lowest BCUT2D eigenvalue weighted by Crippen LogP contribution is -2.61. The molecule has 0 aliphatic carbocycles. The number of ether oxygens (including phenoxy) is 2. The minimum absolute atomic E-state index is 0.0457. The highest BCUT2D eigenvalue weighted by Crippen LogP contribution is 2.28. The first-order valence-electron chi connectivity index (χ1n) is 10.3. The van der Waals surface area contributed by atoms with Crippen LogP contribution in [-0.4, -0.2) is 61.7 Å². The Hall–Kier alpha value is -2.12. The normalized spacial score (nSPS) is 23.8. The number of nitrogens with two attached hydrogens (primary N) is 1. The number of para-hydroxylation sites is 1. The number of carbonyl (C=O) groups is 2. The molecule has 0 bridgehead atoms. The van der Waals surface area contributed by atoms with Crippen LogP contribution in [0.3, 0.4) is 0 Å². The van der Waals surface area contributed by atoms with E-state index in [2.05, 4.69) is 11.4 Å². The van der Waals surface area contributed by atoms with Gasteiger partial charge in [-0.2, -0.15) is 0 Å². The van der Waals surface area contributed by atoms with Crippen LogP contribution in [-0.2, 0) is 20.7 Å². The molecule has 28 heavy (non-hydrogen) atoms. The molecular formula is C21H31N3O4. The molecule has 2 heterocycles. The van der Waals surface area contributed by atoms with Crippen molar-refractivity contribution in [1.29, 1.82) is 0 Å². The number of nitrogens with zero attached hydrogens (tertiary/aromatic N) is 1. The lowest BCUT2D eigenvalue weighted by molar-refractivity contribution is -0.167. The van der Waals surface area contributed by atoms with Crippen molar-refractivity contribution in [2.75, 3.05) is 39.4 Å². The third kappa shape index (κ3) is 5.02. The predicted molar refractivity (Wildman–Crippen MR) is 106 cm³/mol. The quantitative estimate of drug-likeness (QED) is 0.811. The Morgan fingerprint density at radius 1 is 1.25 bits per heavy atom. The summed E-state index contributed by atoms with van der Waals surface area (Å²) in [5, 5.41) is 2.95. The van der Waals surface area contributed by atoms with Gasteiger partial charge in [-0.05, 0) is 50.3 Å². The molecule has 2 aliphatic rings. The van der Waals surface area contributed by atoms with Gasteiger partial charge >= 0.3 is 0 Å². The van der Waals surface area contributed by atoms with Gasteiger partial charge < -0.3 is 25.4 Å². The summed E-state index contributed by atoms with van der Waals surface area (Å²) >= 11 is 0. The van der Waals surface area contributed by atoms with Gasteiger partial charge in [0.1, 0.15) is 12.4 Å². The van der Waals surface area contributed by atoms with Crippen LogP contribution in [0.2, 0.25) is 0 Å². The molecule has 1 aromatic rings. The number of carbonyl (C=O) groups excluding carboxylic acids is 2. The Bertz CT molecular complexity index is 681. The second kappa shape index (κ2) is 9.89. The molecule has 0 saturated carbocycles. The van der Waals surface area contributed by atoms with Crippen LogP contribution in [0.4, 0.5) is 0 Å². The number of aryl methyl sites for hydroxylation is 1. The summed E-state index contributed by atoms with van der Waals surface area (Å²) in [5.74, 6) is 0.781. The first kappa shape index (κ1) is 20.6. The molecule has 1 unspecified atom stereocenters. The number of morpholine rings is 1. The van der Waals surface area contributed by atoms with Gasteiger partial charge in [0.15, 0.2) is 5.60 Å². The average Bonchev–Trinajstić information content (AvgIpc) is 2.72. The van der Waals surface area contributed by atoms with Gasteiger partial charge in [-0.25, -0.2) is 0 Å². The van der Waals surface area contributed by atoms with Crippen LogP contribution in [0.15, 0.2) is 24.3 Å². The Balaban J connectivity index is 1.70. The summed E-state index contributed by atoms with van der Waals surface area (Å²) < 4.78 is 11.9. The van der Waals surface area contributed by atoms with E-state index in [1.807, 2.05) is 18.2 Å². The predicted octanol–water partition coefficient (Wildman–Crippen LogP) is 1.24. The number of fused-ring (bicyclic) bond motifs is 1. The fourth-order valence-electron chi connectivity index (χ4n) is 3.87. The van der Waals surface area contributed by atoms with E-state index in [0.29, 0.717) is 58.7 Å². The molecule has 0 aromatic heterocycles. The smallest absolute Gasteiger partial charge is 0.254 e. The van der Waals surface area contributed by atoms with Gasteiger partial charge in [0, 0.05) is 13.0 Å². The zero-order valence-electron chi connectivity index (χ0n) is 16.5. The molecule has 2 amide bonds. The standard InChI is InChI=1S/C21H31N3O4/c22-11-5-9-19(25)24-13-15-28-21(16-24)10-4-3-7-17-6-1-2-8-18(17)27-14-12-23-20(21)26/h1-2,6,8H,3-5,7,9-16,22H2,(H,23,26). The Morgan fingerprint density at radius 3 is 2.96 bits per heavy atom. The highest BCUT2D eigenvalue weighted by atomic mass is 16.5. The van der Waals surface area contributed by atoms with Crippen molar-refractivity contribution in [3.63, 3.8) is 0 Å². The second-order valence-corrected chi connectivity index (χ2v) is 7.47. The summed E-state index contributed by atoms with van der Waals surface area (Å²) in [6.07, 6.45) is 4.34. The van der Waals surface area contributed by atoms with Crippen molar-refractivity contribution in [2.24, 2.45) is 5.73 Å². The number of amides is 2. The van der Waals surface area contributed by atoms with E-state index in [9.17, 15) is 9.59 Å². The minimum Gasteiger partial charge on any atom is -0.491 e. The molecular weight excluding hydrogens is 358 g/mol. The van der Waals surface area contributed by atoms with E-state index in [-0.39, 0.29) is 11.8 Å². The maximum absolute atomic E-state index is 13.0. The largest absolute Gasteiger partial charge is 0.491 e. The van der Waals surface area contributed by atoms with E-state index in [0.717, 1.165) is 25.0 Å². The highest BCUT2D eigenvalue weighted by molar-refractivity contribution is 5.87. The molecule has 2 aliphatic heterocycles. The summed E-state index contributed by atoms with van der Waals surface area (Å²) in [6, 6.07) is 8.04. The molecule has 0 radical (unpaired) electrons. The number of rotatable bonds is 3. The third-order valence-electron chi connectivity index (χ3n) is 5.44. The molecule has 7 heteroatoms. The maximum Gasteiger partial charge on any atom is 0.254 e. The fraction of sp³-hybridized carbons (Fsp3) is 0.619. The molecule has 1 spiro atoms. The number of nitrogens with one attached hydrogen (secondary N) is 1. The number of benzene rings is 1. The summed E-state index contributed by atoms with van der Waals surface area (Å²) in [7, 11) is 0. The SMILES string of the molecule is NCCCC(=O)N1CCOC2(CCCCc3ccccc3OCCNC2=O)C1. The molecule has 1 saturated heterocycles. The second-order valence-electron chi connectivity index (χ2n) is 7.47. The Kier molecular flexibility index (Phi) is 7.28. The van der Waals surface area contributed by atoms with Crippen molar-refractivity contribution in [2.45, 2.75) is 44.1 Å². The van der Waals surface area contributed by atoms with Crippen molar-refractivity contribution in [1.82, 2.24) is 10.2 Å². The monoisotopic (exact) mass is 389 g/mol. The summed E-state index contributed by atoms with van der Waals surface area (Å²) in [4.78, 5) is 27.2. The van der Waals surface area contributed by atoms with E-state index in [1.54, 1.807) is 4.90 Å². The van der Waals surface area contributed by atoms with Crippen molar-refractivity contribution >= 4 is 11.8 Å². The van der Waals surface area contributed by atoms with Gasteiger partial charge in [0.2, 0.25) is 5.91 Å². The first-order chi connectivity index (χ1) is 13.6.